The number of hydrogen-bond acceptors (Lipinski definition) is 3. The number of likely N-dealkylation sites (N-methyl/N-ethyl adjacent to an activating group) is 1. The molecule has 0 aromatic rings. The number of aliphatic hydroxyl groups excluding tert-OH is 1. The summed E-state index contributed by atoms with van der Waals surface area (Å²) in [7, 11) is 0. The SMILES string of the molecule is CCN(CC(C)C)CC(CO)(NC(C)C)C1CC1. The van der Waals surface area contributed by atoms with Gasteiger partial charge in [0.05, 0.1) is 12.1 Å². The summed E-state index contributed by atoms with van der Waals surface area (Å²) in [6.07, 6.45) is 2.53. The average Bonchev–Trinajstić information content (AvgIpc) is 3.09. The second-order valence-electron chi connectivity index (χ2n) is 6.61. The molecule has 0 amide bonds. The van der Waals surface area contributed by atoms with Crippen molar-refractivity contribution in [2.45, 2.75) is 59.0 Å². The number of nitrogens with zero attached hydrogens (tertiary/aromatic N) is 1. The van der Waals surface area contributed by atoms with E-state index < -0.39 is 0 Å². The van der Waals surface area contributed by atoms with Gasteiger partial charge in [0.2, 0.25) is 0 Å². The van der Waals surface area contributed by atoms with Crippen LogP contribution in [0.3, 0.4) is 0 Å². The van der Waals surface area contributed by atoms with Crippen molar-refractivity contribution in [1.82, 2.24) is 10.2 Å². The van der Waals surface area contributed by atoms with Crippen LogP contribution < -0.4 is 5.32 Å². The zero-order valence-electron chi connectivity index (χ0n) is 12.9. The normalized spacial score (nSPS) is 19.8. The van der Waals surface area contributed by atoms with Gasteiger partial charge in [0.1, 0.15) is 0 Å². The molecule has 1 atom stereocenters. The lowest BCUT2D eigenvalue weighted by Gasteiger charge is -2.40. The number of rotatable bonds is 9. The van der Waals surface area contributed by atoms with E-state index in [2.05, 4.69) is 44.8 Å². The van der Waals surface area contributed by atoms with Gasteiger partial charge in [0.15, 0.2) is 0 Å². The van der Waals surface area contributed by atoms with E-state index in [1.165, 1.54) is 12.8 Å². The molecule has 0 aromatic heterocycles. The highest BCUT2D eigenvalue weighted by molar-refractivity contribution is 5.03. The molecule has 0 radical (unpaired) electrons. The molecule has 1 aliphatic carbocycles. The maximum absolute atomic E-state index is 9.93. The van der Waals surface area contributed by atoms with Crippen LogP contribution in [0.1, 0.15) is 47.5 Å². The molecule has 0 aromatic carbocycles. The molecular weight excluding hydrogens is 224 g/mol. The minimum Gasteiger partial charge on any atom is -0.394 e. The molecule has 1 saturated carbocycles. The van der Waals surface area contributed by atoms with Crippen molar-refractivity contribution in [3.63, 3.8) is 0 Å². The zero-order valence-corrected chi connectivity index (χ0v) is 12.9. The van der Waals surface area contributed by atoms with Gasteiger partial charge in [-0.05, 0) is 31.2 Å². The monoisotopic (exact) mass is 256 g/mol. The van der Waals surface area contributed by atoms with Crippen LogP contribution in [0, 0.1) is 11.8 Å². The van der Waals surface area contributed by atoms with Gasteiger partial charge in [-0.2, -0.15) is 0 Å². The fraction of sp³-hybridized carbons (Fsp3) is 1.00. The minimum atomic E-state index is -0.0843. The van der Waals surface area contributed by atoms with Crippen molar-refractivity contribution in [2.24, 2.45) is 11.8 Å². The standard InChI is InChI=1S/C15H32N2O/c1-6-17(9-12(2)3)10-15(11-18,14-7-8-14)16-13(4)5/h12-14,16,18H,6-11H2,1-5H3. The Morgan fingerprint density at radius 3 is 2.22 bits per heavy atom. The molecule has 18 heavy (non-hydrogen) atoms. The third-order valence-corrected chi connectivity index (χ3v) is 3.79. The van der Waals surface area contributed by atoms with Crippen LogP contribution in [0.5, 0.6) is 0 Å². The van der Waals surface area contributed by atoms with Crippen LogP contribution in [0.2, 0.25) is 0 Å². The van der Waals surface area contributed by atoms with Crippen molar-refractivity contribution in [3.8, 4) is 0 Å². The lowest BCUT2D eigenvalue weighted by molar-refractivity contribution is 0.0808. The van der Waals surface area contributed by atoms with E-state index in [-0.39, 0.29) is 12.1 Å². The Balaban J connectivity index is 2.69. The van der Waals surface area contributed by atoms with Crippen molar-refractivity contribution in [1.29, 1.82) is 0 Å². The average molecular weight is 256 g/mol. The number of hydrogen-bond donors (Lipinski definition) is 2. The van der Waals surface area contributed by atoms with Crippen molar-refractivity contribution >= 4 is 0 Å². The first-order valence-electron chi connectivity index (χ1n) is 7.54. The molecule has 2 N–H and O–H groups in total. The topological polar surface area (TPSA) is 35.5 Å². The van der Waals surface area contributed by atoms with Gasteiger partial charge in [-0.3, -0.25) is 0 Å². The van der Waals surface area contributed by atoms with Crippen LogP contribution in [0.4, 0.5) is 0 Å². The molecule has 1 unspecified atom stereocenters. The van der Waals surface area contributed by atoms with E-state index in [0.29, 0.717) is 17.9 Å². The molecule has 0 saturated heterocycles. The minimum absolute atomic E-state index is 0.0843. The highest BCUT2D eigenvalue weighted by Gasteiger charge is 2.45. The Morgan fingerprint density at radius 2 is 1.89 bits per heavy atom. The molecule has 108 valence electrons. The molecule has 0 spiro atoms. The Kier molecular flexibility index (Phi) is 6.09. The number of nitrogens with one attached hydrogen (secondary N) is 1. The molecule has 3 nitrogen and oxygen atoms in total. The second kappa shape index (κ2) is 6.88. The van der Waals surface area contributed by atoms with Gasteiger partial charge in [0, 0.05) is 19.1 Å². The fourth-order valence-electron chi connectivity index (χ4n) is 2.95. The highest BCUT2D eigenvalue weighted by Crippen LogP contribution is 2.40. The maximum atomic E-state index is 9.93. The van der Waals surface area contributed by atoms with Gasteiger partial charge in [0.25, 0.3) is 0 Å². The van der Waals surface area contributed by atoms with E-state index >= 15 is 0 Å². The summed E-state index contributed by atoms with van der Waals surface area (Å²) in [6, 6.07) is 0.426. The van der Waals surface area contributed by atoms with E-state index in [0.717, 1.165) is 19.6 Å². The largest absolute Gasteiger partial charge is 0.394 e. The van der Waals surface area contributed by atoms with Crippen LogP contribution in [-0.4, -0.2) is 47.8 Å². The summed E-state index contributed by atoms with van der Waals surface area (Å²) in [4.78, 5) is 2.48. The molecule has 0 heterocycles. The Hall–Kier alpha value is -0.120. The summed E-state index contributed by atoms with van der Waals surface area (Å²) in [5, 5.41) is 13.6. The predicted molar refractivity (Wildman–Crippen MR) is 77.8 cm³/mol. The smallest absolute Gasteiger partial charge is 0.0628 e. The first-order valence-corrected chi connectivity index (χ1v) is 7.54. The van der Waals surface area contributed by atoms with Crippen molar-refractivity contribution < 1.29 is 5.11 Å². The Morgan fingerprint density at radius 1 is 1.28 bits per heavy atom. The molecule has 0 aliphatic heterocycles. The summed E-state index contributed by atoms with van der Waals surface area (Å²) in [5.41, 5.74) is -0.0843. The van der Waals surface area contributed by atoms with Crippen molar-refractivity contribution in [2.75, 3.05) is 26.2 Å². The van der Waals surface area contributed by atoms with Gasteiger partial charge < -0.3 is 15.3 Å². The van der Waals surface area contributed by atoms with Crippen molar-refractivity contribution in [3.05, 3.63) is 0 Å². The summed E-state index contributed by atoms with van der Waals surface area (Å²) in [6.45, 7) is 14.5. The lowest BCUT2D eigenvalue weighted by atomic mass is 9.91. The van der Waals surface area contributed by atoms with Crippen LogP contribution in [0.15, 0.2) is 0 Å². The van der Waals surface area contributed by atoms with E-state index in [4.69, 9.17) is 0 Å². The van der Waals surface area contributed by atoms with E-state index in [9.17, 15) is 5.11 Å². The highest BCUT2D eigenvalue weighted by atomic mass is 16.3. The molecular formula is C15H32N2O. The maximum Gasteiger partial charge on any atom is 0.0628 e. The predicted octanol–water partition coefficient (Wildman–Crippen LogP) is 2.10. The summed E-state index contributed by atoms with van der Waals surface area (Å²) >= 11 is 0. The molecule has 1 rings (SSSR count). The third-order valence-electron chi connectivity index (χ3n) is 3.79. The molecule has 1 aliphatic rings. The quantitative estimate of drug-likeness (QED) is 0.663. The second-order valence-corrected chi connectivity index (χ2v) is 6.61. The van der Waals surface area contributed by atoms with E-state index in [1.807, 2.05) is 0 Å². The lowest BCUT2D eigenvalue weighted by Crippen LogP contribution is -2.60. The molecule has 0 bridgehead atoms. The first kappa shape index (κ1) is 15.9. The Labute approximate surface area is 113 Å². The molecule has 1 fully saturated rings. The number of aliphatic hydroxyl groups is 1. The van der Waals surface area contributed by atoms with Gasteiger partial charge >= 0.3 is 0 Å². The van der Waals surface area contributed by atoms with Crippen LogP contribution >= 0.6 is 0 Å². The first-order chi connectivity index (χ1) is 8.43. The molecule has 3 heteroatoms. The van der Waals surface area contributed by atoms with E-state index in [1.54, 1.807) is 0 Å². The Bertz CT molecular complexity index is 239. The fourth-order valence-corrected chi connectivity index (χ4v) is 2.95. The third kappa shape index (κ3) is 4.52. The van der Waals surface area contributed by atoms with Crippen LogP contribution in [-0.2, 0) is 0 Å². The summed E-state index contributed by atoms with van der Waals surface area (Å²) < 4.78 is 0. The van der Waals surface area contributed by atoms with Gasteiger partial charge in [-0.1, -0.05) is 34.6 Å². The van der Waals surface area contributed by atoms with Gasteiger partial charge in [-0.15, -0.1) is 0 Å². The summed E-state index contributed by atoms with van der Waals surface area (Å²) in [5.74, 6) is 1.34. The van der Waals surface area contributed by atoms with Crippen LogP contribution in [0.25, 0.3) is 0 Å². The van der Waals surface area contributed by atoms with Gasteiger partial charge in [-0.25, -0.2) is 0 Å². The zero-order chi connectivity index (χ0) is 13.8.